The van der Waals surface area contributed by atoms with Gasteiger partial charge < -0.3 is 10.4 Å². The fourth-order valence-corrected chi connectivity index (χ4v) is 1.92. The van der Waals surface area contributed by atoms with Crippen molar-refractivity contribution < 1.29 is 5.11 Å². The van der Waals surface area contributed by atoms with Gasteiger partial charge in [0, 0.05) is 11.5 Å². The van der Waals surface area contributed by atoms with E-state index in [9.17, 15) is 5.11 Å². The molecular formula is C11H15ClN2O. The van der Waals surface area contributed by atoms with E-state index in [4.69, 9.17) is 11.6 Å². The molecule has 1 aliphatic rings. The van der Waals surface area contributed by atoms with Crippen molar-refractivity contribution in [3.8, 4) is 0 Å². The third-order valence-corrected chi connectivity index (χ3v) is 3.51. The third kappa shape index (κ3) is 1.94. The summed E-state index contributed by atoms with van der Waals surface area (Å²) in [5.74, 6) is 0. The van der Waals surface area contributed by atoms with Gasteiger partial charge >= 0.3 is 0 Å². The van der Waals surface area contributed by atoms with Gasteiger partial charge in [-0.1, -0.05) is 25.4 Å². The van der Waals surface area contributed by atoms with Gasteiger partial charge in [-0.25, -0.2) is 4.98 Å². The van der Waals surface area contributed by atoms with Crippen LogP contribution in [0.1, 0.15) is 20.3 Å². The number of aliphatic hydroxyl groups is 1. The van der Waals surface area contributed by atoms with E-state index in [0.29, 0.717) is 11.2 Å². The Morgan fingerprint density at radius 3 is 2.73 bits per heavy atom. The van der Waals surface area contributed by atoms with Gasteiger partial charge in [0.15, 0.2) is 0 Å². The van der Waals surface area contributed by atoms with Crippen molar-refractivity contribution in [2.24, 2.45) is 5.41 Å². The highest BCUT2D eigenvalue weighted by Gasteiger charge is 2.47. The van der Waals surface area contributed by atoms with Crippen LogP contribution in [0.3, 0.4) is 0 Å². The Kier molecular flexibility index (Phi) is 2.61. The van der Waals surface area contributed by atoms with E-state index in [0.717, 1.165) is 12.1 Å². The maximum absolute atomic E-state index is 9.59. The maximum atomic E-state index is 9.59. The molecule has 1 aromatic rings. The second-order valence-corrected chi connectivity index (χ2v) is 5.03. The van der Waals surface area contributed by atoms with E-state index in [1.807, 2.05) is 6.07 Å². The van der Waals surface area contributed by atoms with E-state index in [-0.39, 0.29) is 11.5 Å². The number of rotatable bonds is 2. The van der Waals surface area contributed by atoms with Crippen molar-refractivity contribution in [1.82, 2.24) is 4.98 Å². The van der Waals surface area contributed by atoms with Crippen LogP contribution >= 0.6 is 11.6 Å². The summed E-state index contributed by atoms with van der Waals surface area (Å²) in [4.78, 5) is 4.00. The summed E-state index contributed by atoms with van der Waals surface area (Å²) >= 11 is 5.70. The Bertz CT molecular complexity index is 350. The van der Waals surface area contributed by atoms with Crippen LogP contribution in [0, 0.1) is 5.41 Å². The molecule has 2 N–H and O–H groups in total. The van der Waals surface area contributed by atoms with Gasteiger partial charge in [0.1, 0.15) is 5.15 Å². The molecule has 0 spiro atoms. The minimum Gasteiger partial charge on any atom is -0.392 e. The number of hydrogen-bond donors (Lipinski definition) is 2. The van der Waals surface area contributed by atoms with Crippen LogP contribution in [0.25, 0.3) is 0 Å². The van der Waals surface area contributed by atoms with Crippen LogP contribution in [0.2, 0.25) is 5.15 Å². The fourth-order valence-electron chi connectivity index (χ4n) is 1.81. The predicted molar refractivity (Wildman–Crippen MR) is 61.1 cm³/mol. The van der Waals surface area contributed by atoms with Crippen LogP contribution in [0.15, 0.2) is 18.3 Å². The Balaban J connectivity index is 2.02. The highest BCUT2D eigenvalue weighted by Crippen LogP contribution is 2.42. The van der Waals surface area contributed by atoms with E-state index < -0.39 is 0 Å². The lowest BCUT2D eigenvalue weighted by Gasteiger charge is -2.49. The largest absolute Gasteiger partial charge is 0.392 e. The molecule has 1 saturated carbocycles. The molecule has 0 amide bonds. The zero-order valence-corrected chi connectivity index (χ0v) is 9.62. The highest BCUT2D eigenvalue weighted by atomic mass is 35.5. The van der Waals surface area contributed by atoms with Crippen molar-refractivity contribution in [2.45, 2.75) is 32.4 Å². The van der Waals surface area contributed by atoms with Gasteiger partial charge in [-0.2, -0.15) is 0 Å². The number of nitrogens with zero attached hydrogens (tertiary/aromatic N) is 1. The number of aliphatic hydroxyl groups excluding tert-OH is 1. The zero-order chi connectivity index (χ0) is 11.1. The molecule has 15 heavy (non-hydrogen) atoms. The SMILES string of the molecule is CC1(C)C(O)CC1Nc1ccc(Cl)nc1. The van der Waals surface area contributed by atoms with Gasteiger partial charge in [0.05, 0.1) is 18.0 Å². The Morgan fingerprint density at radius 2 is 2.27 bits per heavy atom. The van der Waals surface area contributed by atoms with Crippen LogP contribution < -0.4 is 5.32 Å². The lowest BCUT2D eigenvalue weighted by atomic mass is 9.64. The summed E-state index contributed by atoms with van der Waals surface area (Å²) in [6, 6.07) is 3.96. The molecule has 1 fully saturated rings. The molecule has 0 aliphatic heterocycles. The monoisotopic (exact) mass is 226 g/mol. The van der Waals surface area contributed by atoms with Crippen LogP contribution in [0.4, 0.5) is 5.69 Å². The molecular weight excluding hydrogens is 212 g/mol. The van der Waals surface area contributed by atoms with Gasteiger partial charge in [-0.3, -0.25) is 0 Å². The Morgan fingerprint density at radius 1 is 1.53 bits per heavy atom. The van der Waals surface area contributed by atoms with E-state index in [1.165, 1.54) is 0 Å². The van der Waals surface area contributed by atoms with Crippen LogP contribution in [-0.2, 0) is 0 Å². The minimum atomic E-state index is -0.213. The smallest absolute Gasteiger partial charge is 0.129 e. The zero-order valence-electron chi connectivity index (χ0n) is 8.87. The molecule has 2 rings (SSSR count). The molecule has 0 radical (unpaired) electrons. The van der Waals surface area contributed by atoms with E-state index >= 15 is 0 Å². The lowest BCUT2D eigenvalue weighted by Crippen LogP contribution is -2.56. The molecule has 2 unspecified atom stereocenters. The molecule has 1 heterocycles. The lowest BCUT2D eigenvalue weighted by molar-refractivity contribution is -0.0510. The first-order valence-electron chi connectivity index (χ1n) is 5.06. The number of nitrogens with one attached hydrogen (secondary N) is 1. The summed E-state index contributed by atoms with van der Waals surface area (Å²) in [5.41, 5.74) is 0.879. The second kappa shape index (κ2) is 3.65. The quantitative estimate of drug-likeness (QED) is 0.761. The number of pyridine rings is 1. The number of anilines is 1. The van der Waals surface area contributed by atoms with Crippen molar-refractivity contribution >= 4 is 17.3 Å². The molecule has 4 heteroatoms. The molecule has 3 nitrogen and oxygen atoms in total. The van der Waals surface area contributed by atoms with E-state index in [2.05, 4.69) is 24.1 Å². The Labute approximate surface area is 94.5 Å². The summed E-state index contributed by atoms with van der Waals surface area (Å²) in [7, 11) is 0. The van der Waals surface area contributed by atoms with Crippen molar-refractivity contribution in [3.63, 3.8) is 0 Å². The first-order valence-corrected chi connectivity index (χ1v) is 5.44. The summed E-state index contributed by atoms with van der Waals surface area (Å²) < 4.78 is 0. The number of halogens is 1. The fraction of sp³-hybridized carbons (Fsp3) is 0.545. The maximum Gasteiger partial charge on any atom is 0.129 e. The first kappa shape index (κ1) is 10.7. The average molecular weight is 227 g/mol. The molecule has 0 aromatic carbocycles. The van der Waals surface area contributed by atoms with Crippen molar-refractivity contribution in [2.75, 3.05) is 5.32 Å². The van der Waals surface area contributed by atoms with Crippen molar-refractivity contribution in [1.29, 1.82) is 0 Å². The standard InChI is InChI=1S/C11H15ClN2O/c1-11(2)8(5-9(11)15)14-7-3-4-10(12)13-6-7/h3-4,6,8-9,14-15H,5H2,1-2H3. The minimum absolute atomic E-state index is 0.0698. The highest BCUT2D eigenvalue weighted by molar-refractivity contribution is 6.29. The second-order valence-electron chi connectivity index (χ2n) is 4.64. The summed E-state index contributed by atoms with van der Waals surface area (Å²) in [6.07, 6.45) is 2.29. The van der Waals surface area contributed by atoms with Crippen molar-refractivity contribution in [3.05, 3.63) is 23.5 Å². The number of hydrogen-bond acceptors (Lipinski definition) is 3. The molecule has 82 valence electrons. The average Bonchev–Trinajstić information content (AvgIpc) is 2.21. The number of aromatic nitrogens is 1. The topological polar surface area (TPSA) is 45.1 Å². The first-order chi connectivity index (χ1) is 7.00. The normalized spacial score (nSPS) is 28.3. The third-order valence-electron chi connectivity index (χ3n) is 3.28. The van der Waals surface area contributed by atoms with Gasteiger partial charge in [-0.05, 0) is 18.6 Å². The molecule has 1 aliphatic carbocycles. The molecule has 0 bridgehead atoms. The van der Waals surface area contributed by atoms with Gasteiger partial charge in [0.25, 0.3) is 0 Å². The molecule has 2 atom stereocenters. The van der Waals surface area contributed by atoms with Gasteiger partial charge in [0.2, 0.25) is 0 Å². The van der Waals surface area contributed by atoms with Crippen LogP contribution in [-0.4, -0.2) is 22.2 Å². The van der Waals surface area contributed by atoms with Gasteiger partial charge in [-0.15, -0.1) is 0 Å². The summed E-state index contributed by atoms with van der Waals surface area (Å²) in [6.45, 7) is 4.12. The van der Waals surface area contributed by atoms with E-state index in [1.54, 1.807) is 12.3 Å². The Hall–Kier alpha value is -0.800. The summed E-state index contributed by atoms with van der Waals surface area (Å²) in [5, 5.41) is 13.4. The molecule has 1 aromatic heterocycles. The predicted octanol–water partition coefficient (Wildman–Crippen LogP) is 2.31. The van der Waals surface area contributed by atoms with Crippen LogP contribution in [0.5, 0.6) is 0 Å². The molecule has 0 saturated heterocycles.